The molecule has 0 amide bonds. The van der Waals surface area contributed by atoms with Crippen LogP contribution in [0.25, 0.3) is 0 Å². The average molecular weight is 276 g/mol. The second kappa shape index (κ2) is 6.92. The van der Waals surface area contributed by atoms with Crippen molar-refractivity contribution in [3.05, 3.63) is 29.6 Å². The second-order valence-corrected chi connectivity index (χ2v) is 4.34. The van der Waals surface area contributed by atoms with Gasteiger partial charge in [0, 0.05) is 24.8 Å². The highest BCUT2D eigenvalue weighted by Crippen LogP contribution is 2.34. The molecule has 3 nitrogen and oxygen atoms in total. The van der Waals surface area contributed by atoms with Crippen LogP contribution in [0.1, 0.15) is 24.4 Å². The lowest BCUT2D eigenvalue weighted by Crippen LogP contribution is -2.27. The van der Waals surface area contributed by atoms with E-state index in [1.165, 1.54) is 13.2 Å². The molecule has 2 N–H and O–H groups in total. The average Bonchev–Trinajstić information content (AvgIpc) is 2.38. The Balaban J connectivity index is 0.00000162. The molecule has 2 rings (SSSR count). The zero-order valence-corrected chi connectivity index (χ0v) is 11.2. The number of ether oxygens (including phenoxy) is 2. The summed E-state index contributed by atoms with van der Waals surface area (Å²) >= 11 is 0. The van der Waals surface area contributed by atoms with Crippen LogP contribution in [0, 0.1) is 11.7 Å². The van der Waals surface area contributed by atoms with Gasteiger partial charge in [-0.25, -0.2) is 4.39 Å². The zero-order chi connectivity index (χ0) is 12.3. The van der Waals surface area contributed by atoms with Crippen LogP contribution in [0.4, 0.5) is 4.39 Å². The smallest absolute Gasteiger partial charge is 0.165 e. The Bertz CT molecular complexity index is 383. The van der Waals surface area contributed by atoms with E-state index in [2.05, 4.69) is 0 Å². The first-order valence-corrected chi connectivity index (χ1v) is 5.89. The summed E-state index contributed by atoms with van der Waals surface area (Å²) in [6.45, 7) is 1.46. The second-order valence-electron chi connectivity index (χ2n) is 4.34. The molecule has 1 aromatic carbocycles. The van der Waals surface area contributed by atoms with Gasteiger partial charge in [0.05, 0.1) is 7.11 Å². The summed E-state index contributed by atoms with van der Waals surface area (Å²) in [5, 5.41) is 0. The summed E-state index contributed by atoms with van der Waals surface area (Å²) in [5.74, 6) is 0.249. The largest absolute Gasteiger partial charge is 0.493 e. The fraction of sp³-hybridized carbons (Fsp3) is 0.538. The maximum Gasteiger partial charge on any atom is 0.165 e. The van der Waals surface area contributed by atoms with Crippen LogP contribution in [0.3, 0.4) is 0 Å². The summed E-state index contributed by atoms with van der Waals surface area (Å²) in [6.07, 6.45) is 1.83. The molecule has 1 atom stereocenters. The molecule has 0 aromatic heterocycles. The van der Waals surface area contributed by atoms with Gasteiger partial charge < -0.3 is 15.2 Å². The van der Waals surface area contributed by atoms with Gasteiger partial charge in [-0.1, -0.05) is 12.1 Å². The monoisotopic (exact) mass is 275 g/mol. The van der Waals surface area contributed by atoms with Crippen molar-refractivity contribution in [3.63, 3.8) is 0 Å². The topological polar surface area (TPSA) is 44.5 Å². The van der Waals surface area contributed by atoms with Crippen LogP contribution in [-0.2, 0) is 4.74 Å². The molecule has 1 aliphatic rings. The molecule has 1 aliphatic heterocycles. The lowest BCUT2D eigenvalue weighted by atomic mass is 9.87. The number of halogens is 2. The summed E-state index contributed by atoms with van der Waals surface area (Å²) < 4.78 is 24.0. The molecule has 5 heteroatoms. The molecule has 0 aliphatic carbocycles. The molecule has 0 unspecified atom stereocenters. The fourth-order valence-corrected chi connectivity index (χ4v) is 2.33. The Kier molecular flexibility index (Phi) is 5.85. The van der Waals surface area contributed by atoms with E-state index in [4.69, 9.17) is 15.2 Å². The fourth-order valence-electron chi connectivity index (χ4n) is 2.33. The number of nitrogens with two attached hydrogens (primary N) is 1. The van der Waals surface area contributed by atoms with E-state index in [0.717, 1.165) is 31.6 Å². The lowest BCUT2D eigenvalue weighted by molar-refractivity contribution is 0.0580. The predicted molar refractivity (Wildman–Crippen MR) is 70.7 cm³/mol. The molecule has 0 radical (unpaired) electrons. The van der Waals surface area contributed by atoms with Crippen LogP contribution in [0.5, 0.6) is 5.75 Å². The Hall–Kier alpha value is -0.840. The third-order valence-electron chi connectivity index (χ3n) is 3.33. The van der Waals surface area contributed by atoms with E-state index < -0.39 is 0 Å². The van der Waals surface area contributed by atoms with Crippen molar-refractivity contribution in [3.8, 4) is 5.75 Å². The molecule has 1 heterocycles. The van der Waals surface area contributed by atoms with Crippen molar-refractivity contribution in [2.45, 2.75) is 18.9 Å². The van der Waals surface area contributed by atoms with E-state index in [1.807, 2.05) is 6.07 Å². The van der Waals surface area contributed by atoms with Crippen molar-refractivity contribution in [1.82, 2.24) is 0 Å². The zero-order valence-electron chi connectivity index (χ0n) is 10.4. The maximum absolute atomic E-state index is 13.6. The number of hydrogen-bond donors (Lipinski definition) is 1. The number of methoxy groups -OCH3 is 1. The van der Waals surface area contributed by atoms with Crippen molar-refractivity contribution >= 4 is 12.4 Å². The van der Waals surface area contributed by atoms with Gasteiger partial charge in [0.2, 0.25) is 0 Å². The highest BCUT2D eigenvalue weighted by molar-refractivity contribution is 5.85. The lowest BCUT2D eigenvalue weighted by Gasteiger charge is -2.28. The summed E-state index contributed by atoms with van der Waals surface area (Å²) in [4.78, 5) is 0. The standard InChI is InChI=1S/C13H18FNO2.ClH/c1-16-13-10(3-2-4-11(13)14)12(15)9-5-7-17-8-6-9;/h2-4,9,12H,5-8,15H2,1H3;1H/t12-;/m1./s1. The van der Waals surface area contributed by atoms with Gasteiger partial charge in [0.15, 0.2) is 11.6 Å². The van der Waals surface area contributed by atoms with Gasteiger partial charge in [-0.15, -0.1) is 12.4 Å². The van der Waals surface area contributed by atoms with Gasteiger partial charge in [-0.05, 0) is 24.8 Å². The molecule has 102 valence electrons. The molecular formula is C13H19ClFNO2. The summed E-state index contributed by atoms with van der Waals surface area (Å²) in [5.41, 5.74) is 6.96. The normalized spacial score (nSPS) is 17.9. The van der Waals surface area contributed by atoms with E-state index in [0.29, 0.717) is 5.92 Å². The van der Waals surface area contributed by atoms with Gasteiger partial charge in [0.1, 0.15) is 0 Å². The first kappa shape index (κ1) is 15.2. The molecule has 0 bridgehead atoms. The minimum atomic E-state index is -0.354. The quantitative estimate of drug-likeness (QED) is 0.922. The van der Waals surface area contributed by atoms with Crippen molar-refractivity contribution < 1.29 is 13.9 Å². The molecule has 0 spiro atoms. The minimum absolute atomic E-state index is 0. The van der Waals surface area contributed by atoms with E-state index >= 15 is 0 Å². The summed E-state index contributed by atoms with van der Waals surface area (Å²) in [7, 11) is 1.47. The number of hydrogen-bond acceptors (Lipinski definition) is 3. The van der Waals surface area contributed by atoms with Gasteiger partial charge in [-0.2, -0.15) is 0 Å². The molecule has 1 aromatic rings. The molecule has 1 saturated heterocycles. The van der Waals surface area contributed by atoms with Crippen LogP contribution >= 0.6 is 12.4 Å². The highest BCUT2D eigenvalue weighted by Gasteiger charge is 2.25. The number of para-hydroxylation sites is 1. The van der Waals surface area contributed by atoms with E-state index in [9.17, 15) is 4.39 Å². The van der Waals surface area contributed by atoms with E-state index in [-0.39, 0.29) is 30.0 Å². The Morgan fingerprint density at radius 3 is 2.67 bits per heavy atom. The van der Waals surface area contributed by atoms with Crippen molar-refractivity contribution in [2.75, 3.05) is 20.3 Å². The molecule has 0 saturated carbocycles. The number of rotatable bonds is 3. The van der Waals surface area contributed by atoms with Crippen molar-refractivity contribution in [2.24, 2.45) is 11.7 Å². The van der Waals surface area contributed by atoms with Crippen LogP contribution in [0.2, 0.25) is 0 Å². The minimum Gasteiger partial charge on any atom is -0.493 e. The Morgan fingerprint density at radius 2 is 2.06 bits per heavy atom. The van der Waals surface area contributed by atoms with Crippen LogP contribution < -0.4 is 10.5 Å². The first-order valence-electron chi connectivity index (χ1n) is 5.89. The third kappa shape index (κ3) is 3.13. The predicted octanol–water partition coefficient (Wildman–Crippen LogP) is 2.68. The molecule has 1 fully saturated rings. The maximum atomic E-state index is 13.6. The molecular weight excluding hydrogens is 257 g/mol. The molecule has 18 heavy (non-hydrogen) atoms. The van der Waals surface area contributed by atoms with Crippen molar-refractivity contribution in [1.29, 1.82) is 0 Å². The van der Waals surface area contributed by atoms with Gasteiger partial charge >= 0.3 is 0 Å². The summed E-state index contributed by atoms with van der Waals surface area (Å²) in [6, 6.07) is 4.71. The van der Waals surface area contributed by atoms with E-state index in [1.54, 1.807) is 6.07 Å². The van der Waals surface area contributed by atoms with Crippen LogP contribution in [0.15, 0.2) is 18.2 Å². The highest BCUT2D eigenvalue weighted by atomic mass is 35.5. The Morgan fingerprint density at radius 1 is 1.39 bits per heavy atom. The number of benzene rings is 1. The Labute approximate surface area is 113 Å². The van der Waals surface area contributed by atoms with Gasteiger partial charge in [-0.3, -0.25) is 0 Å². The van der Waals surface area contributed by atoms with Gasteiger partial charge in [0.25, 0.3) is 0 Å². The first-order chi connectivity index (χ1) is 8.24. The third-order valence-corrected chi connectivity index (χ3v) is 3.33. The SMILES string of the molecule is COc1c(F)cccc1[C@H](N)C1CCOCC1.Cl. The van der Waals surface area contributed by atoms with Crippen LogP contribution in [-0.4, -0.2) is 20.3 Å².